The maximum absolute atomic E-state index is 13.1. The molecule has 2 aromatic rings. The monoisotopic (exact) mass is 399 g/mol. The molecule has 10 nitrogen and oxygen atoms in total. The van der Waals surface area contributed by atoms with Gasteiger partial charge in [0.15, 0.2) is 13.0 Å². The summed E-state index contributed by atoms with van der Waals surface area (Å²) >= 11 is 0. The molecule has 1 unspecified atom stereocenters. The van der Waals surface area contributed by atoms with Crippen LogP contribution in [0.25, 0.3) is 0 Å². The van der Waals surface area contributed by atoms with E-state index in [1.807, 2.05) is 4.90 Å². The number of amides is 3. The first-order valence-electron chi connectivity index (χ1n) is 9.37. The summed E-state index contributed by atoms with van der Waals surface area (Å²) in [6.45, 7) is 1.60. The maximum Gasteiger partial charge on any atom is 0.251 e. The van der Waals surface area contributed by atoms with Crippen molar-refractivity contribution in [2.24, 2.45) is 7.05 Å². The van der Waals surface area contributed by atoms with Gasteiger partial charge in [-0.1, -0.05) is 4.68 Å². The number of nitrogens with one attached hydrogen (secondary N) is 1. The van der Waals surface area contributed by atoms with Crippen LogP contribution in [0.15, 0.2) is 28.8 Å². The Hall–Kier alpha value is -3.27. The van der Waals surface area contributed by atoms with Crippen molar-refractivity contribution in [3.63, 3.8) is 0 Å². The molecule has 1 aromatic carbocycles. The molecule has 1 atom stereocenters. The molecule has 1 aliphatic carbocycles. The zero-order valence-corrected chi connectivity index (χ0v) is 16.1. The van der Waals surface area contributed by atoms with E-state index in [1.54, 1.807) is 31.3 Å². The highest BCUT2D eigenvalue weighted by atomic mass is 16.6. The Morgan fingerprint density at radius 1 is 1.34 bits per heavy atom. The minimum atomic E-state index is -0.640. The van der Waals surface area contributed by atoms with Crippen LogP contribution in [-0.4, -0.2) is 40.0 Å². The molecule has 29 heavy (non-hydrogen) atoms. The van der Waals surface area contributed by atoms with Crippen molar-refractivity contribution in [1.82, 2.24) is 10.2 Å². The highest BCUT2D eigenvalue weighted by molar-refractivity contribution is 6.22. The molecule has 0 spiro atoms. The molecule has 0 radical (unpaired) electrons. The molecule has 3 amide bonds. The standard InChI is InChI=1S/C19H21N5O5/c1-11(25)20-12-3-5-14(6-4-12)24-17(26)9-15(18(24)27)23(13-7-8-13)10-16-19(28)29-21-22(16)2/h3-6,13,15H,7-10H2,1-2H3,(H-,20,21,25,28). The number of nitrogens with zero attached hydrogens (tertiary/aromatic N) is 4. The molecule has 1 N–H and O–H groups in total. The summed E-state index contributed by atoms with van der Waals surface area (Å²) in [7, 11) is 1.61. The first-order chi connectivity index (χ1) is 13.8. The van der Waals surface area contributed by atoms with Crippen LogP contribution >= 0.6 is 0 Å². The number of carbonyl (C=O) groups is 3. The normalized spacial score (nSPS) is 19.3. The van der Waals surface area contributed by atoms with Crippen LogP contribution in [0.2, 0.25) is 0 Å². The summed E-state index contributed by atoms with van der Waals surface area (Å²) in [6, 6.07) is 6.04. The van der Waals surface area contributed by atoms with E-state index in [0.29, 0.717) is 17.1 Å². The van der Waals surface area contributed by atoms with Crippen LogP contribution < -0.4 is 20.0 Å². The molecular weight excluding hydrogens is 378 g/mol. The Bertz CT molecular complexity index is 946. The van der Waals surface area contributed by atoms with Gasteiger partial charge in [0.25, 0.3) is 5.91 Å². The van der Waals surface area contributed by atoms with Crippen LogP contribution in [0, 0.1) is 0 Å². The van der Waals surface area contributed by atoms with E-state index in [2.05, 4.69) is 15.1 Å². The second-order valence-electron chi connectivity index (χ2n) is 7.35. The van der Waals surface area contributed by atoms with Gasteiger partial charge < -0.3 is 14.9 Å². The fourth-order valence-electron chi connectivity index (χ4n) is 3.62. The Balaban J connectivity index is 1.55. The fourth-order valence-corrected chi connectivity index (χ4v) is 3.62. The van der Waals surface area contributed by atoms with Crippen molar-refractivity contribution in [1.29, 1.82) is 0 Å². The van der Waals surface area contributed by atoms with Crippen molar-refractivity contribution >= 4 is 29.1 Å². The lowest BCUT2D eigenvalue weighted by Gasteiger charge is -2.25. The van der Waals surface area contributed by atoms with E-state index in [0.717, 1.165) is 12.8 Å². The summed E-state index contributed by atoms with van der Waals surface area (Å²) in [4.78, 5) is 40.0. The van der Waals surface area contributed by atoms with Crippen LogP contribution in [0.5, 0.6) is 5.95 Å². The Labute approximate surface area is 166 Å². The Morgan fingerprint density at radius 3 is 2.59 bits per heavy atom. The Kier molecular flexibility index (Phi) is 4.79. The SMILES string of the molecule is CC(=O)Nc1ccc(N2C(=O)CC(N(Cc3c([O-])on[n+]3C)C3CC3)C2=O)cc1. The number of carbonyl (C=O) groups excluding carboxylic acids is 3. The summed E-state index contributed by atoms with van der Waals surface area (Å²) in [5.41, 5.74) is 1.38. The van der Waals surface area contributed by atoms with Gasteiger partial charge in [-0.15, -0.1) is 0 Å². The van der Waals surface area contributed by atoms with Crippen LogP contribution in [0.3, 0.4) is 0 Å². The Morgan fingerprint density at radius 2 is 2.03 bits per heavy atom. The van der Waals surface area contributed by atoms with Gasteiger partial charge in [0.05, 0.1) is 30.0 Å². The molecule has 10 heteroatoms. The van der Waals surface area contributed by atoms with E-state index >= 15 is 0 Å². The van der Waals surface area contributed by atoms with Gasteiger partial charge >= 0.3 is 0 Å². The number of imide groups is 1. The molecule has 2 heterocycles. The molecule has 1 saturated carbocycles. The zero-order chi connectivity index (χ0) is 20.7. The highest BCUT2D eigenvalue weighted by Gasteiger charge is 2.47. The second kappa shape index (κ2) is 7.28. The molecule has 2 fully saturated rings. The first kappa shape index (κ1) is 19.1. The van der Waals surface area contributed by atoms with E-state index < -0.39 is 12.0 Å². The van der Waals surface area contributed by atoms with Gasteiger partial charge in [-0.25, -0.2) is 4.90 Å². The molecule has 0 bridgehead atoms. The van der Waals surface area contributed by atoms with Gasteiger partial charge in [0, 0.05) is 18.7 Å². The number of hydrogen-bond acceptors (Lipinski definition) is 7. The quantitative estimate of drug-likeness (QED) is 0.528. The van der Waals surface area contributed by atoms with E-state index in [4.69, 9.17) is 0 Å². The molecule has 1 aliphatic heterocycles. The lowest BCUT2D eigenvalue weighted by Crippen LogP contribution is -2.46. The fraction of sp³-hybridized carbons (Fsp3) is 0.421. The molecule has 152 valence electrons. The first-order valence-corrected chi connectivity index (χ1v) is 9.37. The minimum absolute atomic E-state index is 0.0476. The molecule has 2 aliphatic rings. The predicted molar refractivity (Wildman–Crippen MR) is 97.3 cm³/mol. The average Bonchev–Trinajstić information content (AvgIpc) is 3.40. The van der Waals surface area contributed by atoms with E-state index in [1.165, 1.54) is 16.5 Å². The molecule has 1 aromatic heterocycles. The summed E-state index contributed by atoms with van der Waals surface area (Å²) in [6.07, 6.45) is 1.87. The van der Waals surface area contributed by atoms with Crippen molar-refractivity contribution in [3.05, 3.63) is 30.0 Å². The van der Waals surface area contributed by atoms with Gasteiger partial charge in [0.1, 0.15) is 0 Å². The number of hydrogen-bond donors (Lipinski definition) is 1. The molecule has 1 saturated heterocycles. The number of aryl methyl sites for hydroxylation is 1. The second-order valence-corrected chi connectivity index (χ2v) is 7.35. The third-order valence-corrected chi connectivity index (χ3v) is 5.19. The van der Waals surface area contributed by atoms with Gasteiger partial charge in [-0.2, -0.15) is 0 Å². The third-order valence-electron chi connectivity index (χ3n) is 5.19. The zero-order valence-electron chi connectivity index (χ0n) is 16.1. The van der Waals surface area contributed by atoms with Gasteiger partial charge in [0.2, 0.25) is 17.5 Å². The van der Waals surface area contributed by atoms with Gasteiger partial charge in [-0.3, -0.25) is 19.3 Å². The van der Waals surface area contributed by atoms with Gasteiger partial charge in [-0.05, 0) is 37.1 Å². The lowest BCUT2D eigenvalue weighted by molar-refractivity contribution is -0.747. The number of anilines is 2. The summed E-state index contributed by atoms with van der Waals surface area (Å²) < 4.78 is 6.03. The van der Waals surface area contributed by atoms with Crippen molar-refractivity contribution in [2.45, 2.75) is 44.8 Å². The number of aromatic nitrogens is 2. The van der Waals surface area contributed by atoms with E-state index in [9.17, 15) is 19.5 Å². The van der Waals surface area contributed by atoms with Crippen molar-refractivity contribution < 1.29 is 28.7 Å². The average molecular weight is 399 g/mol. The topological polar surface area (TPSA) is 123 Å². The number of rotatable bonds is 6. The van der Waals surface area contributed by atoms with Crippen LogP contribution in [-0.2, 0) is 28.0 Å². The third kappa shape index (κ3) is 3.70. The molecular formula is C19H21N5O5. The summed E-state index contributed by atoms with van der Waals surface area (Å²) in [5, 5.41) is 18.2. The lowest BCUT2D eigenvalue weighted by atomic mass is 10.2. The highest BCUT2D eigenvalue weighted by Crippen LogP contribution is 2.35. The largest absolute Gasteiger partial charge is 0.539 e. The summed E-state index contributed by atoms with van der Waals surface area (Å²) in [5.74, 6) is -1.36. The smallest absolute Gasteiger partial charge is 0.251 e. The minimum Gasteiger partial charge on any atom is -0.539 e. The number of benzene rings is 1. The maximum atomic E-state index is 13.1. The van der Waals surface area contributed by atoms with E-state index in [-0.39, 0.29) is 36.7 Å². The predicted octanol–water partition coefficient (Wildman–Crippen LogP) is -0.172. The molecule has 4 rings (SSSR count). The van der Waals surface area contributed by atoms with Crippen LogP contribution in [0.4, 0.5) is 11.4 Å². The van der Waals surface area contributed by atoms with Crippen molar-refractivity contribution in [2.75, 3.05) is 10.2 Å². The van der Waals surface area contributed by atoms with Crippen molar-refractivity contribution in [3.8, 4) is 5.95 Å². The van der Waals surface area contributed by atoms with Crippen LogP contribution in [0.1, 0.15) is 31.9 Å².